The standard InChI is InChI=1S/C27H31FN10O2/c28-24-19(2-3-21(24)40-26(39)33-27-9-16(10-27)11-27)20-8-22(35-34-20)32-25-29-6-4-23-31-17(13-37(23)25)12-36-14-18(15-36)38-7-1-5-30-38/h1,4-8,13,16,18-19,21,24H,2-3,9-12,14-15H2,(H,33,39)(H2,29,32,34,35)/t16?,19-,21-,24+,27?/m1/s1. The van der Waals surface area contributed by atoms with Crippen LogP contribution in [0.25, 0.3) is 5.65 Å². The first-order valence-corrected chi connectivity index (χ1v) is 14.0. The van der Waals surface area contributed by atoms with Crippen molar-refractivity contribution < 1.29 is 13.9 Å². The van der Waals surface area contributed by atoms with Crippen molar-refractivity contribution in [2.24, 2.45) is 5.92 Å². The van der Waals surface area contributed by atoms with Crippen LogP contribution >= 0.6 is 0 Å². The number of alkyl carbamates (subject to hydrolysis) is 1. The van der Waals surface area contributed by atoms with Crippen LogP contribution in [0.3, 0.4) is 0 Å². The van der Waals surface area contributed by atoms with Gasteiger partial charge >= 0.3 is 6.09 Å². The Kier molecular flexibility index (Phi) is 5.37. The molecule has 2 bridgehead atoms. The number of halogens is 1. The number of carbonyl (C=O) groups is 1. The number of nitrogens with one attached hydrogen (secondary N) is 3. The monoisotopic (exact) mass is 546 g/mol. The molecule has 40 heavy (non-hydrogen) atoms. The minimum Gasteiger partial charge on any atom is -0.443 e. The van der Waals surface area contributed by atoms with Crippen LogP contribution in [0.15, 0.2) is 43.0 Å². The summed E-state index contributed by atoms with van der Waals surface area (Å²) >= 11 is 0. The van der Waals surface area contributed by atoms with E-state index in [9.17, 15) is 4.79 Å². The molecule has 4 aromatic heterocycles. The molecule has 0 unspecified atom stereocenters. The number of alkyl halides is 1. The summed E-state index contributed by atoms with van der Waals surface area (Å²) in [5.74, 6) is 1.44. The molecule has 4 saturated carbocycles. The molecule has 208 valence electrons. The van der Waals surface area contributed by atoms with Gasteiger partial charge in [-0.1, -0.05) is 0 Å². The third-order valence-electron chi connectivity index (χ3n) is 9.06. The second kappa shape index (κ2) is 9.01. The van der Waals surface area contributed by atoms with Crippen molar-refractivity contribution in [1.29, 1.82) is 0 Å². The molecule has 0 aromatic carbocycles. The number of H-pyrrole nitrogens is 1. The van der Waals surface area contributed by atoms with Crippen LogP contribution in [0.4, 0.5) is 21.0 Å². The highest BCUT2D eigenvalue weighted by molar-refractivity contribution is 5.69. The van der Waals surface area contributed by atoms with Gasteiger partial charge in [-0.3, -0.25) is 19.1 Å². The van der Waals surface area contributed by atoms with Crippen LogP contribution in [0, 0.1) is 5.92 Å². The van der Waals surface area contributed by atoms with Crippen LogP contribution in [-0.2, 0) is 11.3 Å². The molecule has 1 saturated heterocycles. The van der Waals surface area contributed by atoms with E-state index < -0.39 is 24.3 Å². The van der Waals surface area contributed by atoms with E-state index in [1.54, 1.807) is 12.3 Å². The molecule has 9 rings (SSSR count). The smallest absolute Gasteiger partial charge is 0.407 e. The quantitative estimate of drug-likeness (QED) is 0.307. The van der Waals surface area contributed by atoms with Gasteiger partial charge in [0.25, 0.3) is 0 Å². The van der Waals surface area contributed by atoms with Crippen molar-refractivity contribution in [3.05, 3.63) is 54.4 Å². The van der Waals surface area contributed by atoms with Crippen molar-refractivity contribution in [3.63, 3.8) is 0 Å². The molecular weight excluding hydrogens is 515 g/mol. The maximum Gasteiger partial charge on any atom is 0.407 e. The predicted octanol–water partition coefficient (Wildman–Crippen LogP) is 3.31. The Morgan fingerprint density at radius 1 is 1.23 bits per heavy atom. The molecule has 4 aromatic rings. The molecule has 4 aliphatic carbocycles. The predicted molar refractivity (Wildman–Crippen MR) is 142 cm³/mol. The van der Waals surface area contributed by atoms with Crippen molar-refractivity contribution >= 4 is 23.5 Å². The molecule has 5 heterocycles. The minimum absolute atomic E-state index is 0.0823. The average Bonchev–Trinajstić information content (AvgIpc) is 3.66. The van der Waals surface area contributed by atoms with Gasteiger partial charge in [0.15, 0.2) is 5.82 Å². The number of imidazole rings is 1. The number of aromatic amines is 1. The molecule has 0 spiro atoms. The number of fused-ring (bicyclic) bond motifs is 1. The topological polar surface area (TPSA) is 130 Å². The Labute approximate surface area is 229 Å². The number of anilines is 2. The molecule has 1 amide bonds. The van der Waals surface area contributed by atoms with Crippen molar-refractivity contribution in [2.45, 2.75) is 68.4 Å². The summed E-state index contributed by atoms with van der Waals surface area (Å²) in [6.07, 6.45) is 9.07. The van der Waals surface area contributed by atoms with E-state index in [2.05, 4.69) is 35.8 Å². The molecule has 1 aliphatic heterocycles. The van der Waals surface area contributed by atoms with Gasteiger partial charge in [0, 0.05) is 67.6 Å². The molecule has 3 atom stereocenters. The number of likely N-dealkylation sites (tertiary alicyclic amines) is 1. The maximum absolute atomic E-state index is 15.3. The fourth-order valence-electron chi connectivity index (χ4n) is 6.79. The van der Waals surface area contributed by atoms with Gasteiger partial charge in [0.2, 0.25) is 5.95 Å². The number of aromatic nitrogens is 7. The molecule has 13 heteroatoms. The Morgan fingerprint density at radius 2 is 2.10 bits per heavy atom. The van der Waals surface area contributed by atoms with Gasteiger partial charge in [0.05, 0.1) is 11.7 Å². The summed E-state index contributed by atoms with van der Waals surface area (Å²) < 4.78 is 24.7. The summed E-state index contributed by atoms with van der Waals surface area (Å²) in [7, 11) is 0. The van der Waals surface area contributed by atoms with E-state index in [1.165, 1.54) is 0 Å². The SMILES string of the molecule is O=C(NC12CC(C1)C2)O[C@@H]1CC[C@H](c2cc(Nc3nccc4nc(CN5CC(n6cccn6)C5)cn34)n[nH]2)[C@@H]1F. The number of rotatable bonds is 8. The Hall–Kier alpha value is -4.00. The summed E-state index contributed by atoms with van der Waals surface area (Å²) in [5.41, 5.74) is 2.32. The summed E-state index contributed by atoms with van der Waals surface area (Å²) in [6.45, 7) is 2.61. The van der Waals surface area contributed by atoms with Gasteiger partial charge in [-0.2, -0.15) is 10.2 Å². The zero-order valence-electron chi connectivity index (χ0n) is 21.9. The van der Waals surface area contributed by atoms with E-state index in [4.69, 9.17) is 9.72 Å². The molecule has 12 nitrogen and oxygen atoms in total. The number of carbonyl (C=O) groups excluding carboxylic acids is 1. The third kappa shape index (κ3) is 4.10. The highest BCUT2D eigenvalue weighted by atomic mass is 19.1. The lowest BCUT2D eigenvalue weighted by molar-refractivity contribution is -0.0532. The first-order valence-electron chi connectivity index (χ1n) is 14.0. The lowest BCUT2D eigenvalue weighted by Crippen LogP contribution is -2.68. The lowest BCUT2D eigenvalue weighted by atomic mass is 9.50. The second-order valence-corrected chi connectivity index (χ2v) is 11.9. The maximum atomic E-state index is 15.3. The van der Waals surface area contributed by atoms with E-state index in [1.807, 2.05) is 39.8 Å². The first-order chi connectivity index (χ1) is 19.5. The van der Waals surface area contributed by atoms with Crippen LogP contribution in [0.2, 0.25) is 0 Å². The summed E-state index contributed by atoms with van der Waals surface area (Å²) in [5, 5.41) is 17.8. The molecule has 5 fully saturated rings. The molecule has 3 N–H and O–H groups in total. The van der Waals surface area contributed by atoms with E-state index in [0.717, 1.165) is 56.2 Å². The Morgan fingerprint density at radius 3 is 2.88 bits per heavy atom. The fraction of sp³-hybridized carbons (Fsp3) is 0.519. The van der Waals surface area contributed by atoms with Gasteiger partial charge in [-0.25, -0.2) is 19.2 Å². The van der Waals surface area contributed by atoms with Crippen molar-refractivity contribution in [1.82, 2.24) is 44.6 Å². The number of amides is 1. The van der Waals surface area contributed by atoms with E-state index >= 15 is 4.39 Å². The van der Waals surface area contributed by atoms with E-state index in [-0.39, 0.29) is 5.54 Å². The number of nitrogens with zero attached hydrogens (tertiary/aromatic N) is 7. The normalized spacial score (nSPS) is 29.5. The van der Waals surface area contributed by atoms with Crippen molar-refractivity contribution in [2.75, 3.05) is 18.4 Å². The number of hydrogen-bond acceptors (Lipinski definition) is 8. The minimum atomic E-state index is -1.29. The first kappa shape index (κ1) is 23.9. The molecule has 5 aliphatic rings. The fourth-order valence-corrected chi connectivity index (χ4v) is 6.79. The van der Waals surface area contributed by atoms with Crippen LogP contribution < -0.4 is 10.6 Å². The largest absolute Gasteiger partial charge is 0.443 e. The average molecular weight is 547 g/mol. The summed E-state index contributed by atoms with van der Waals surface area (Å²) in [6, 6.07) is 6.02. The molecule has 0 radical (unpaired) electrons. The summed E-state index contributed by atoms with van der Waals surface area (Å²) in [4.78, 5) is 23.9. The van der Waals surface area contributed by atoms with Crippen LogP contribution in [0.5, 0.6) is 0 Å². The number of hydrogen-bond donors (Lipinski definition) is 3. The zero-order chi connectivity index (χ0) is 26.8. The Bertz CT molecular complexity index is 1530. The van der Waals surface area contributed by atoms with Gasteiger partial charge in [0.1, 0.15) is 17.9 Å². The van der Waals surface area contributed by atoms with E-state index in [0.29, 0.717) is 36.3 Å². The van der Waals surface area contributed by atoms with Gasteiger partial charge in [-0.05, 0) is 50.2 Å². The lowest BCUT2D eigenvalue weighted by Gasteiger charge is -2.61. The zero-order valence-corrected chi connectivity index (χ0v) is 21.9. The third-order valence-corrected chi connectivity index (χ3v) is 9.06. The van der Waals surface area contributed by atoms with Gasteiger partial charge in [-0.15, -0.1) is 0 Å². The van der Waals surface area contributed by atoms with Crippen LogP contribution in [0.1, 0.15) is 55.5 Å². The van der Waals surface area contributed by atoms with Crippen LogP contribution in [-0.4, -0.2) is 76.2 Å². The molecular formula is C27H31FN10O2. The van der Waals surface area contributed by atoms with Gasteiger partial charge < -0.3 is 15.4 Å². The second-order valence-electron chi connectivity index (χ2n) is 11.9. The highest BCUT2D eigenvalue weighted by Crippen LogP contribution is 2.57. The van der Waals surface area contributed by atoms with Crippen molar-refractivity contribution in [3.8, 4) is 0 Å². The number of ether oxygens (including phenoxy) is 1. The Balaban J connectivity index is 0.897. The highest BCUT2D eigenvalue weighted by Gasteiger charge is 2.58.